The lowest BCUT2D eigenvalue weighted by molar-refractivity contribution is 1.00. The zero-order chi connectivity index (χ0) is 28.9. The lowest BCUT2D eigenvalue weighted by Gasteiger charge is -2.14. The fraction of sp³-hybridized carbons (Fsp3) is 0.0270. The fourth-order valence-corrected chi connectivity index (χ4v) is 6.29. The minimum Gasteiger partial charge on any atom is -0.307 e. The largest absolute Gasteiger partial charge is 0.307 e. The number of hydrogen-bond donors (Lipinski definition) is 0. The minimum absolute atomic E-state index is 0.659. The molecule has 0 radical (unpaired) electrons. The molecule has 0 atom stereocenters. The number of rotatable bonds is 5. The first-order valence-electron chi connectivity index (χ1n) is 14.2. The van der Waals surface area contributed by atoms with Gasteiger partial charge in [-0.2, -0.15) is 0 Å². The van der Waals surface area contributed by atoms with E-state index in [4.69, 9.17) is 15.0 Å². The topological polar surface area (TPSA) is 61.4 Å². The van der Waals surface area contributed by atoms with Crippen LogP contribution in [0.4, 0.5) is 0 Å². The molecule has 43 heavy (non-hydrogen) atoms. The highest BCUT2D eigenvalue weighted by Gasteiger charge is 2.27. The van der Waals surface area contributed by atoms with Crippen LogP contribution in [0.15, 0.2) is 122 Å². The smallest absolute Gasteiger partial charge is 0.161 e. The molecule has 0 saturated carbocycles. The van der Waals surface area contributed by atoms with Crippen LogP contribution in [-0.2, 0) is 0 Å². The van der Waals surface area contributed by atoms with Gasteiger partial charge in [-0.05, 0) is 37.3 Å². The van der Waals surface area contributed by atoms with E-state index in [-0.39, 0.29) is 0 Å². The average molecular weight is 555 g/mol. The molecule has 6 nitrogen and oxygen atoms in total. The van der Waals surface area contributed by atoms with E-state index in [1.807, 2.05) is 61.7 Å². The SMILES string of the molecule is C=Cc1c(/C=C\C)n(-c2ccnc(-c3ccccc3)n2)c2c1c1nccnc1c1c3ccccc3n(-c3ccccc3)c12. The standard InChI is InChI=1S/C37H26N6/c1-3-13-28-26(4-2)31-33-34(39-23-22-38-33)32-27-18-11-12-19-29(27)42(25-16-9-6-10-17-25)35(32)36(31)43(28)30-20-21-40-37(41-30)24-14-7-5-8-15-24/h3-23H,2H2,1H3/b13-3-. The summed E-state index contributed by atoms with van der Waals surface area (Å²) in [5, 5.41) is 3.15. The third-order valence-corrected chi connectivity index (χ3v) is 7.96. The van der Waals surface area contributed by atoms with Gasteiger partial charge in [-0.1, -0.05) is 85.5 Å². The van der Waals surface area contributed by atoms with Crippen molar-refractivity contribution in [3.05, 3.63) is 133 Å². The van der Waals surface area contributed by atoms with Crippen molar-refractivity contribution >= 4 is 55.9 Å². The Kier molecular flexibility index (Phi) is 5.72. The highest BCUT2D eigenvalue weighted by Crippen LogP contribution is 2.45. The van der Waals surface area contributed by atoms with Crippen molar-refractivity contribution in [3.63, 3.8) is 0 Å². The third-order valence-electron chi connectivity index (χ3n) is 7.96. The first-order valence-corrected chi connectivity index (χ1v) is 14.2. The predicted octanol–water partition coefficient (Wildman–Crippen LogP) is 8.80. The predicted molar refractivity (Wildman–Crippen MR) is 177 cm³/mol. The zero-order valence-electron chi connectivity index (χ0n) is 23.5. The van der Waals surface area contributed by atoms with Crippen LogP contribution >= 0.6 is 0 Å². The summed E-state index contributed by atoms with van der Waals surface area (Å²) in [6.07, 6.45) is 11.5. The molecule has 4 heterocycles. The number of benzene rings is 4. The second-order valence-corrected chi connectivity index (χ2v) is 10.3. The number of allylic oxidation sites excluding steroid dienone is 1. The molecule has 6 heteroatoms. The normalized spacial score (nSPS) is 11.8. The van der Waals surface area contributed by atoms with Gasteiger partial charge in [0, 0.05) is 51.6 Å². The molecule has 8 rings (SSSR count). The first kappa shape index (κ1) is 24.9. The van der Waals surface area contributed by atoms with Crippen LogP contribution in [0.25, 0.3) is 78.8 Å². The maximum atomic E-state index is 5.14. The van der Waals surface area contributed by atoms with Crippen LogP contribution in [0.2, 0.25) is 0 Å². The quantitative estimate of drug-likeness (QED) is 0.213. The summed E-state index contributed by atoms with van der Waals surface area (Å²) >= 11 is 0. The molecule has 0 N–H and O–H groups in total. The molecule has 4 aromatic heterocycles. The number of para-hydroxylation sites is 2. The monoisotopic (exact) mass is 554 g/mol. The number of nitrogens with zero attached hydrogens (tertiary/aromatic N) is 6. The van der Waals surface area contributed by atoms with Gasteiger partial charge in [0.25, 0.3) is 0 Å². The van der Waals surface area contributed by atoms with Crippen molar-refractivity contribution in [2.45, 2.75) is 6.92 Å². The number of aromatic nitrogens is 6. The molecule has 8 aromatic rings. The summed E-state index contributed by atoms with van der Waals surface area (Å²) in [7, 11) is 0. The summed E-state index contributed by atoms with van der Waals surface area (Å²) in [5.74, 6) is 1.42. The van der Waals surface area contributed by atoms with Crippen LogP contribution in [0.3, 0.4) is 0 Å². The Morgan fingerprint density at radius 3 is 2.09 bits per heavy atom. The van der Waals surface area contributed by atoms with E-state index in [0.29, 0.717) is 5.82 Å². The van der Waals surface area contributed by atoms with Gasteiger partial charge >= 0.3 is 0 Å². The molecule has 4 aromatic carbocycles. The molecule has 0 amide bonds. The minimum atomic E-state index is 0.659. The molecule has 0 aliphatic carbocycles. The highest BCUT2D eigenvalue weighted by atomic mass is 15.1. The Balaban J connectivity index is 1.66. The lowest BCUT2D eigenvalue weighted by Crippen LogP contribution is -2.04. The Labute approximate surface area is 247 Å². The van der Waals surface area contributed by atoms with E-state index < -0.39 is 0 Å². The first-order chi connectivity index (χ1) is 21.3. The Morgan fingerprint density at radius 2 is 1.35 bits per heavy atom. The van der Waals surface area contributed by atoms with Crippen molar-refractivity contribution in [3.8, 4) is 22.9 Å². The lowest BCUT2D eigenvalue weighted by atomic mass is 10.0. The maximum absolute atomic E-state index is 5.14. The molecular weight excluding hydrogens is 528 g/mol. The second kappa shape index (κ2) is 9.89. The van der Waals surface area contributed by atoms with Crippen LogP contribution in [0, 0.1) is 0 Å². The van der Waals surface area contributed by atoms with Crippen molar-refractivity contribution < 1.29 is 0 Å². The van der Waals surface area contributed by atoms with Gasteiger partial charge in [0.2, 0.25) is 0 Å². The average Bonchev–Trinajstić information content (AvgIpc) is 3.59. The molecule has 0 aliphatic rings. The second-order valence-electron chi connectivity index (χ2n) is 10.3. The summed E-state index contributed by atoms with van der Waals surface area (Å²) in [6, 6.07) is 31.0. The summed E-state index contributed by atoms with van der Waals surface area (Å²) in [6.45, 7) is 6.30. The number of hydrogen-bond acceptors (Lipinski definition) is 4. The van der Waals surface area contributed by atoms with Gasteiger partial charge in [-0.3, -0.25) is 14.5 Å². The van der Waals surface area contributed by atoms with Gasteiger partial charge in [0.1, 0.15) is 5.82 Å². The summed E-state index contributed by atoms with van der Waals surface area (Å²) in [4.78, 5) is 19.7. The Morgan fingerprint density at radius 1 is 0.674 bits per heavy atom. The molecule has 0 spiro atoms. The van der Waals surface area contributed by atoms with Gasteiger partial charge in [-0.15, -0.1) is 0 Å². The van der Waals surface area contributed by atoms with E-state index >= 15 is 0 Å². The molecule has 0 bridgehead atoms. The summed E-state index contributed by atoms with van der Waals surface area (Å²) in [5.41, 5.74) is 8.77. The van der Waals surface area contributed by atoms with Crippen molar-refractivity contribution in [1.82, 2.24) is 29.1 Å². The molecule has 0 saturated heterocycles. The van der Waals surface area contributed by atoms with Gasteiger partial charge in [0.15, 0.2) is 5.82 Å². The Bertz CT molecular complexity index is 2360. The van der Waals surface area contributed by atoms with Crippen LogP contribution in [0.5, 0.6) is 0 Å². The number of fused-ring (bicyclic) bond motifs is 8. The molecule has 204 valence electrons. The van der Waals surface area contributed by atoms with Gasteiger partial charge in [0.05, 0.1) is 33.3 Å². The van der Waals surface area contributed by atoms with E-state index in [1.165, 1.54) is 0 Å². The molecular formula is C37H26N6. The van der Waals surface area contributed by atoms with E-state index in [0.717, 1.165) is 72.1 Å². The van der Waals surface area contributed by atoms with E-state index in [1.54, 1.807) is 12.4 Å². The van der Waals surface area contributed by atoms with Crippen LogP contribution in [0.1, 0.15) is 18.2 Å². The Hall–Kier alpha value is -5.88. The van der Waals surface area contributed by atoms with Crippen molar-refractivity contribution in [1.29, 1.82) is 0 Å². The van der Waals surface area contributed by atoms with Gasteiger partial charge in [-0.25, -0.2) is 9.97 Å². The highest BCUT2D eigenvalue weighted by molar-refractivity contribution is 6.31. The fourth-order valence-electron chi connectivity index (χ4n) is 6.29. The maximum Gasteiger partial charge on any atom is 0.161 e. The van der Waals surface area contributed by atoms with E-state index in [2.05, 4.69) is 81.4 Å². The molecule has 0 fully saturated rings. The van der Waals surface area contributed by atoms with Gasteiger partial charge < -0.3 is 4.57 Å². The van der Waals surface area contributed by atoms with Crippen LogP contribution < -0.4 is 0 Å². The van der Waals surface area contributed by atoms with Crippen molar-refractivity contribution in [2.75, 3.05) is 0 Å². The van der Waals surface area contributed by atoms with Crippen molar-refractivity contribution in [2.24, 2.45) is 0 Å². The third kappa shape index (κ3) is 3.66. The summed E-state index contributed by atoms with van der Waals surface area (Å²) < 4.78 is 4.57. The molecule has 0 unspecified atom stereocenters. The van der Waals surface area contributed by atoms with E-state index in [9.17, 15) is 0 Å². The van der Waals surface area contributed by atoms with Crippen LogP contribution in [-0.4, -0.2) is 29.1 Å². The molecule has 0 aliphatic heterocycles. The zero-order valence-corrected chi connectivity index (χ0v) is 23.5.